The number of rotatable bonds is 4. The van der Waals surface area contributed by atoms with Gasteiger partial charge in [-0.25, -0.2) is 4.98 Å². The largest absolute Gasteiger partial charge is 0.381 e. The molecule has 5 heteroatoms. The lowest BCUT2D eigenvalue weighted by Crippen LogP contribution is -2.11. The lowest BCUT2D eigenvalue weighted by atomic mass is 10.1. The van der Waals surface area contributed by atoms with Gasteiger partial charge in [0.1, 0.15) is 5.65 Å². The van der Waals surface area contributed by atoms with E-state index in [9.17, 15) is 4.79 Å². The number of hydrogen-bond acceptors (Lipinski definition) is 3. The number of carbonyl (C=O) groups is 1. The van der Waals surface area contributed by atoms with Gasteiger partial charge in [0.15, 0.2) is 0 Å². The number of amides is 1. The molecule has 0 saturated carbocycles. The third-order valence-electron chi connectivity index (χ3n) is 3.53. The Bertz CT molecular complexity index is 807. The van der Waals surface area contributed by atoms with Crippen molar-refractivity contribution in [3.05, 3.63) is 59.4 Å². The summed E-state index contributed by atoms with van der Waals surface area (Å²) in [6, 6.07) is 9.42. The van der Waals surface area contributed by atoms with E-state index in [1.807, 2.05) is 31.3 Å². The van der Waals surface area contributed by atoms with Gasteiger partial charge < -0.3 is 16.0 Å². The zero-order chi connectivity index (χ0) is 14.8. The van der Waals surface area contributed by atoms with E-state index in [0.29, 0.717) is 12.1 Å². The fourth-order valence-electron chi connectivity index (χ4n) is 2.38. The Labute approximate surface area is 122 Å². The molecule has 0 unspecified atom stereocenters. The number of aromatic nitrogens is 2. The van der Waals surface area contributed by atoms with Crippen molar-refractivity contribution in [1.29, 1.82) is 0 Å². The molecule has 2 aromatic heterocycles. The normalized spacial score (nSPS) is 10.7. The molecule has 1 amide bonds. The summed E-state index contributed by atoms with van der Waals surface area (Å²) >= 11 is 0. The number of benzene rings is 1. The maximum atomic E-state index is 11.2. The molecule has 5 nitrogen and oxygen atoms in total. The first-order valence-corrected chi connectivity index (χ1v) is 6.70. The predicted octanol–water partition coefficient (Wildman–Crippen LogP) is 2.58. The minimum Gasteiger partial charge on any atom is -0.381 e. The summed E-state index contributed by atoms with van der Waals surface area (Å²) in [5.41, 5.74) is 9.83. The summed E-state index contributed by atoms with van der Waals surface area (Å²) in [6.07, 6.45) is 3.67. The Morgan fingerprint density at radius 3 is 2.95 bits per heavy atom. The first-order valence-electron chi connectivity index (χ1n) is 6.70. The topological polar surface area (TPSA) is 83.8 Å². The van der Waals surface area contributed by atoms with Crippen molar-refractivity contribution in [3.63, 3.8) is 0 Å². The van der Waals surface area contributed by atoms with Gasteiger partial charge in [-0.1, -0.05) is 0 Å². The van der Waals surface area contributed by atoms with E-state index < -0.39 is 5.91 Å². The number of nitrogens with one attached hydrogen (secondary N) is 2. The van der Waals surface area contributed by atoms with Crippen LogP contribution in [0.25, 0.3) is 11.0 Å². The second-order valence-electron chi connectivity index (χ2n) is 4.96. The number of fused-ring (bicyclic) bond motifs is 1. The number of carbonyl (C=O) groups excluding carboxylic acids is 1. The molecule has 3 aromatic rings. The van der Waals surface area contributed by atoms with E-state index in [-0.39, 0.29) is 0 Å². The molecular weight excluding hydrogens is 264 g/mol. The highest BCUT2D eigenvalue weighted by molar-refractivity contribution is 5.93. The Hall–Kier alpha value is -2.82. The number of aromatic amines is 1. The first kappa shape index (κ1) is 13.2. The van der Waals surface area contributed by atoms with E-state index >= 15 is 0 Å². The monoisotopic (exact) mass is 280 g/mol. The number of nitrogens with two attached hydrogens (primary N) is 1. The number of anilines is 1. The Morgan fingerprint density at radius 1 is 1.33 bits per heavy atom. The standard InChI is InChI=1S/C16H16N4O/c1-10-8-11(15(17)21)2-3-14(10)20-9-12-4-6-18-16-13(12)5-7-19-16/h2-8,20H,9H2,1H3,(H2,17,21)(H,18,19). The molecule has 21 heavy (non-hydrogen) atoms. The highest BCUT2D eigenvalue weighted by atomic mass is 16.1. The summed E-state index contributed by atoms with van der Waals surface area (Å²) in [5.74, 6) is -0.409. The average Bonchev–Trinajstić information content (AvgIpc) is 2.94. The van der Waals surface area contributed by atoms with E-state index in [1.54, 1.807) is 18.3 Å². The Morgan fingerprint density at radius 2 is 2.19 bits per heavy atom. The summed E-state index contributed by atoms with van der Waals surface area (Å²) < 4.78 is 0. The summed E-state index contributed by atoms with van der Waals surface area (Å²) in [6.45, 7) is 2.64. The van der Waals surface area contributed by atoms with E-state index in [1.165, 1.54) is 5.56 Å². The molecule has 4 N–H and O–H groups in total. The van der Waals surface area contributed by atoms with Gasteiger partial charge >= 0.3 is 0 Å². The Balaban J connectivity index is 1.82. The van der Waals surface area contributed by atoms with Gasteiger partial charge in [0.25, 0.3) is 0 Å². The van der Waals surface area contributed by atoms with Crippen molar-refractivity contribution in [1.82, 2.24) is 9.97 Å². The highest BCUT2D eigenvalue weighted by Gasteiger charge is 2.06. The van der Waals surface area contributed by atoms with Gasteiger partial charge in [-0.2, -0.15) is 0 Å². The molecule has 0 aliphatic carbocycles. The van der Waals surface area contributed by atoms with Gasteiger partial charge in [0, 0.05) is 35.6 Å². The molecule has 106 valence electrons. The molecule has 0 spiro atoms. The lowest BCUT2D eigenvalue weighted by Gasteiger charge is -2.11. The molecule has 0 saturated heterocycles. The smallest absolute Gasteiger partial charge is 0.248 e. The van der Waals surface area contributed by atoms with E-state index in [4.69, 9.17) is 5.73 Å². The molecule has 0 aliphatic rings. The molecule has 0 atom stereocenters. The van der Waals surface area contributed by atoms with Crippen LogP contribution < -0.4 is 11.1 Å². The minimum absolute atomic E-state index is 0.409. The minimum atomic E-state index is -0.409. The molecule has 0 radical (unpaired) electrons. The summed E-state index contributed by atoms with van der Waals surface area (Å²) in [4.78, 5) is 18.5. The van der Waals surface area contributed by atoms with Crippen LogP contribution in [0, 0.1) is 6.92 Å². The maximum Gasteiger partial charge on any atom is 0.248 e. The van der Waals surface area contributed by atoms with Crippen molar-refractivity contribution in [2.24, 2.45) is 5.73 Å². The van der Waals surface area contributed by atoms with Crippen LogP contribution in [-0.4, -0.2) is 15.9 Å². The summed E-state index contributed by atoms with van der Waals surface area (Å²) in [7, 11) is 0. The van der Waals surface area contributed by atoms with Crippen LogP contribution in [0.4, 0.5) is 5.69 Å². The zero-order valence-corrected chi connectivity index (χ0v) is 11.7. The number of aryl methyl sites for hydroxylation is 1. The third-order valence-corrected chi connectivity index (χ3v) is 3.53. The van der Waals surface area contributed by atoms with E-state index in [0.717, 1.165) is 22.3 Å². The lowest BCUT2D eigenvalue weighted by molar-refractivity contribution is 0.1000. The van der Waals surface area contributed by atoms with Crippen LogP contribution >= 0.6 is 0 Å². The molecule has 2 heterocycles. The summed E-state index contributed by atoms with van der Waals surface area (Å²) in [5, 5.41) is 4.49. The second kappa shape index (κ2) is 5.28. The molecule has 0 fully saturated rings. The van der Waals surface area contributed by atoms with Crippen LogP contribution in [-0.2, 0) is 6.54 Å². The fraction of sp³-hybridized carbons (Fsp3) is 0.125. The highest BCUT2D eigenvalue weighted by Crippen LogP contribution is 2.20. The van der Waals surface area contributed by atoms with Crippen molar-refractivity contribution in [3.8, 4) is 0 Å². The predicted molar refractivity (Wildman–Crippen MR) is 83.1 cm³/mol. The van der Waals surface area contributed by atoms with Gasteiger partial charge in [0.05, 0.1) is 0 Å². The molecule has 1 aromatic carbocycles. The number of H-pyrrole nitrogens is 1. The van der Waals surface area contributed by atoms with Crippen molar-refractivity contribution in [2.45, 2.75) is 13.5 Å². The van der Waals surface area contributed by atoms with Crippen LogP contribution in [0.15, 0.2) is 42.7 Å². The molecule has 0 bridgehead atoms. The fourth-order valence-corrected chi connectivity index (χ4v) is 2.38. The second-order valence-corrected chi connectivity index (χ2v) is 4.96. The van der Waals surface area contributed by atoms with Crippen LogP contribution in [0.1, 0.15) is 21.5 Å². The van der Waals surface area contributed by atoms with Crippen LogP contribution in [0.5, 0.6) is 0 Å². The number of hydrogen-bond donors (Lipinski definition) is 3. The SMILES string of the molecule is Cc1cc(C(N)=O)ccc1NCc1ccnc2[nH]ccc12. The van der Waals surface area contributed by atoms with Gasteiger partial charge in [-0.15, -0.1) is 0 Å². The van der Waals surface area contributed by atoms with Gasteiger partial charge in [-0.3, -0.25) is 4.79 Å². The van der Waals surface area contributed by atoms with Crippen molar-refractivity contribution < 1.29 is 4.79 Å². The molecule has 3 rings (SSSR count). The number of pyridine rings is 1. The maximum absolute atomic E-state index is 11.2. The zero-order valence-electron chi connectivity index (χ0n) is 11.7. The van der Waals surface area contributed by atoms with Crippen LogP contribution in [0.3, 0.4) is 0 Å². The van der Waals surface area contributed by atoms with Gasteiger partial charge in [0.2, 0.25) is 5.91 Å². The average molecular weight is 280 g/mol. The number of primary amides is 1. The van der Waals surface area contributed by atoms with E-state index in [2.05, 4.69) is 15.3 Å². The van der Waals surface area contributed by atoms with Crippen molar-refractivity contribution in [2.75, 3.05) is 5.32 Å². The molecule has 0 aliphatic heterocycles. The van der Waals surface area contributed by atoms with Crippen LogP contribution in [0.2, 0.25) is 0 Å². The molecular formula is C16H16N4O. The number of nitrogens with zero attached hydrogens (tertiary/aromatic N) is 1. The first-order chi connectivity index (χ1) is 10.1. The van der Waals surface area contributed by atoms with Gasteiger partial charge in [-0.05, 0) is 48.4 Å². The van der Waals surface area contributed by atoms with Crippen molar-refractivity contribution >= 4 is 22.6 Å². The quantitative estimate of drug-likeness (QED) is 0.686. The Kier molecular flexibility index (Phi) is 3.31. The third kappa shape index (κ3) is 2.58.